The lowest BCUT2D eigenvalue weighted by Crippen LogP contribution is -2.20. The summed E-state index contributed by atoms with van der Waals surface area (Å²) in [7, 11) is 0. The maximum absolute atomic E-state index is 14.0. The fourth-order valence-corrected chi connectivity index (χ4v) is 6.71. The van der Waals surface area contributed by atoms with E-state index in [4.69, 9.17) is 14.8 Å². The zero-order valence-corrected chi connectivity index (χ0v) is 28.2. The van der Waals surface area contributed by atoms with Gasteiger partial charge in [-0.2, -0.15) is 9.78 Å². The summed E-state index contributed by atoms with van der Waals surface area (Å²) in [6, 6.07) is 26.0. The van der Waals surface area contributed by atoms with Crippen LogP contribution in [0.15, 0.2) is 104 Å². The molecule has 0 saturated carbocycles. The van der Waals surface area contributed by atoms with Crippen LogP contribution in [0.5, 0.6) is 5.75 Å². The van der Waals surface area contributed by atoms with Crippen LogP contribution in [0, 0.1) is 6.92 Å². The second-order valence-electron chi connectivity index (χ2n) is 11.1. The monoisotopic (exact) mass is 710 g/mol. The van der Waals surface area contributed by atoms with Crippen LogP contribution in [-0.2, 0) is 6.54 Å². The lowest BCUT2D eigenvalue weighted by Gasteiger charge is -2.18. The Morgan fingerprint density at radius 3 is 2.48 bits per heavy atom. The normalized spacial score (nSPS) is 11.8. The van der Waals surface area contributed by atoms with E-state index >= 15 is 0 Å². The van der Waals surface area contributed by atoms with Gasteiger partial charge in [-0.15, -0.1) is 0 Å². The Morgan fingerprint density at radius 2 is 1.73 bits per heavy atom. The summed E-state index contributed by atoms with van der Waals surface area (Å²) in [5.41, 5.74) is 6.43. The number of para-hydroxylation sites is 2. The quantitative estimate of drug-likeness (QED) is 0.148. The maximum Gasteiger partial charge on any atom is 0.282 e. The van der Waals surface area contributed by atoms with E-state index in [0.29, 0.717) is 29.9 Å². The topological polar surface area (TPSA) is 61.4 Å². The van der Waals surface area contributed by atoms with Gasteiger partial charge in [-0.1, -0.05) is 82.1 Å². The van der Waals surface area contributed by atoms with Crippen molar-refractivity contribution in [3.8, 4) is 17.1 Å². The van der Waals surface area contributed by atoms with E-state index in [9.17, 15) is 4.79 Å². The number of nitrogens with zero attached hydrogens (tertiary/aromatic N) is 4. The van der Waals surface area contributed by atoms with Gasteiger partial charge in [0, 0.05) is 43.7 Å². The highest BCUT2D eigenvalue weighted by Gasteiger charge is 2.19. The van der Waals surface area contributed by atoms with Gasteiger partial charge in [0.2, 0.25) is 0 Å². The van der Waals surface area contributed by atoms with Crippen LogP contribution in [0.3, 0.4) is 0 Å². The van der Waals surface area contributed by atoms with Crippen LogP contribution in [0.1, 0.15) is 48.9 Å². The molecule has 0 amide bonds. The summed E-state index contributed by atoms with van der Waals surface area (Å²) in [6.07, 6.45) is 3.85. The average Bonchev–Trinajstić information content (AvgIpc) is 3.35. The molecule has 2 aromatic heterocycles. The Labute approximate surface area is 273 Å². The molecule has 6 rings (SSSR count). The van der Waals surface area contributed by atoms with Crippen molar-refractivity contribution in [2.75, 3.05) is 6.61 Å². The summed E-state index contributed by atoms with van der Waals surface area (Å²) in [4.78, 5) is 19.0. The molecule has 6 aromatic rings. The van der Waals surface area contributed by atoms with E-state index in [1.54, 1.807) is 12.3 Å². The smallest absolute Gasteiger partial charge is 0.282 e. The Balaban J connectivity index is 1.51. The largest absolute Gasteiger partial charge is 0.494 e. The van der Waals surface area contributed by atoms with Crippen molar-refractivity contribution >= 4 is 59.9 Å². The molecule has 0 aliphatic heterocycles. The predicted molar refractivity (Wildman–Crippen MR) is 187 cm³/mol. The molecule has 0 saturated heterocycles. The molecule has 0 atom stereocenters. The molecular weight excluding hydrogens is 680 g/mol. The molecule has 6 nitrogen and oxygen atoms in total. The van der Waals surface area contributed by atoms with Gasteiger partial charge in [0.05, 0.1) is 23.7 Å². The minimum absolute atomic E-state index is 0.219. The molecule has 0 unspecified atom stereocenters. The lowest BCUT2D eigenvalue weighted by atomic mass is 9.96. The van der Waals surface area contributed by atoms with Gasteiger partial charge in [0.15, 0.2) is 5.82 Å². The molecule has 0 bridgehead atoms. The first-order valence-corrected chi connectivity index (χ1v) is 16.2. The van der Waals surface area contributed by atoms with Crippen molar-refractivity contribution < 1.29 is 4.74 Å². The van der Waals surface area contributed by atoms with Crippen molar-refractivity contribution in [1.82, 2.24) is 14.2 Å². The predicted octanol–water partition coefficient (Wildman–Crippen LogP) is 9.30. The molecule has 0 spiro atoms. The Bertz CT molecular complexity index is 2110. The summed E-state index contributed by atoms with van der Waals surface area (Å²) in [5.74, 6) is 1.57. The van der Waals surface area contributed by atoms with Crippen molar-refractivity contribution in [3.63, 3.8) is 0 Å². The molecule has 0 fully saturated rings. The summed E-state index contributed by atoms with van der Waals surface area (Å²) in [5, 5.41) is 6.40. The second kappa shape index (κ2) is 12.5. The van der Waals surface area contributed by atoms with Gasteiger partial charge in [-0.05, 0) is 78.9 Å². The third-order valence-electron chi connectivity index (χ3n) is 7.76. The van der Waals surface area contributed by atoms with Gasteiger partial charge in [0.25, 0.3) is 5.56 Å². The Kier molecular flexibility index (Phi) is 8.56. The molecule has 0 aliphatic rings. The Hall–Kier alpha value is -4.01. The molecule has 222 valence electrons. The van der Waals surface area contributed by atoms with Crippen LogP contribution >= 0.6 is 31.9 Å². The molecule has 8 heteroatoms. The van der Waals surface area contributed by atoms with E-state index in [1.807, 2.05) is 56.3 Å². The first kappa shape index (κ1) is 30.0. The molecule has 44 heavy (non-hydrogen) atoms. The van der Waals surface area contributed by atoms with Gasteiger partial charge in [0.1, 0.15) is 5.75 Å². The standard InChI is InChI=1S/C36H32Br2N4O2/c1-5-44-34-16-23(4)30(18-29(34)22(2)3)35-40-32-12-8-6-11-28(32)36(43)42(35)39-19-25-21-41(33-13-9-7-10-27(25)33)20-24-14-15-26(37)17-31(24)38/h6-19,21-22H,5,20H2,1-4H3. The lowest BCUT2D eigenvalue weighted by molar-refractivity contribution is 0.335. The van der Waals surface area contributed by atoms with Gasteiger partial charge in [-0.3, -0.25) is 4.79 Å². The molecule has 0 radical (unpaired) electrons. The number of aromatic nitrogens is 3. The van der Waals surface area contributed by atoms with E-state index in [1.165, 1.54) is 4.68 Å². The van der Waals surface area contributed by atoms with E-state index in [0.717, 1.165) is 53.4 Å². The minimum atomic E-state index is -0.219. The molecule has 2 heterocycles. The number of hydrogen-bond acceptors (Lipinski definition) is 4. The maximum atomic E-state index is 14.0. The van der Waals surface area contributed by atoms with Crippen LogP contribution in [0.25, 0.3) is 33.2 Å². The van der Waals surface area contributed by atoms with Crippen molar-refractivity contribution in [3.05, 3.63) is 127 Å². The summed E-state index contributed by atoms with van der Waals surface area (Å²) >= 11 is 7.25. The second-order valence-corrected chi connectivity index (χ2v) is 12.8. The van der Waals surface area contributed by atoms with Crippen LogP contribution in [-0.4, -0.2) is 27.0 Å². The zero-order valence-electron chi connectivity index (χ0n) is 25.0. The highest BCUT2D eigenvalue weighted by atomic mass is 79.9. The highest BCUT2D eigenvalue weighted by molar-refractivity contribution is 9.11. The molecule has 4 aromatic carbocycles. The van der Waals surface area contributed by atoms with Crippen molar-refractivity contribution in [2.24, 2.45) is 5.10 Å². The molecular formula is C36H32Br2N4O2. The summed E-state index contributed by atoms with van der Waals surface area (Å²) in [6.45, 7) is 9.53. The van der Waals surface area contributed by atoms with Gasteiger partial charge in [-0.25, -0.2) is 4.98 Å². The third-order valence-corrected chi connectivity index (χ3v) is 8.99. The summed E-state index contributed by atoms with van der Waals surface area (Å²) < 4.78 is 11.7. The Morgan fingerprint density at radius 1 is 0.977 bits per heavy atom. The number of fused-ring (bicyclic) bond motifs is 2. The first-order chi connectivity index (χ1) is 21.2. The first-order valence-electron chi connectivity index (χ1n) is 14.6. The third kappa shape index (κ3) is 5.76. The van der Waals surface area contributed by atoms with Crippen LogP contribution in [0.2, 0.25) is 0 Å². The number of rotatable bonds is 8. The van der Waals surface area contributed by atoms with Gasteiger partial charge >= 0.3 is 0 Å². The molecule has 0 aliphatic carbocycles. The molecule has 0 N–H and O–H groups in total. The number of hydrogen-bond donors (Lipinski definition) is 0. The van der Waals surface area contributed by atoms with E-state index in [-0.39, 0.29) is 11.5 Å². The van der Waals surface area contributed by atoms with Gasteiger partial charge < -0.3 is 9.30 Å². The van der Waals surface area contributed by atoms with Crippen LogP contribution in [0.4, 0.5) is 0 Å². The highest BCUT2D eigenvalue weighted by Crippen LogP contribution is 2.34. The van der Waals surface area contributed by atoms with E-state index < -0.39 is 0 Å². The fraction of sp³-hybridized carbons (Fsp3) is 0.194. The fourth-order valence-electron chi connectivity index (χ4n) is 5.54. The number of benzene rings is 4. The number of ether oxygens (including phenoxy) is 1. The zero-order chi connectivity index (χ0) is 31.0. The van der Waals surface area contributed by atoms with E-state index in [2.05, 4.69) is 86.8 Å². The van der Waals surface area contributed by atoms with Crippen LogP contribution < -0.4 is 10.3 Å². The minimum Gasteiger partial charge on any atom is -0.494 e. The number of halogens is 2. The van der Waals surface area contributed by atoms with Crippen molar-refractivity contribution in [2.45, 2.75) is 40.2 Å². The number of aryl methyl sites for hydroxylation is 1. The SMILES string of the molecule is CCOc1cc(C)c(-c2nc3ccccc3c(=O)n2N=Cc2cn(Cc3ccc(Br)cc3Br)c3ccccc23)cc1C(C)C. The van der Waals surface area contributed by atoms with Crippen molar-refractivity contribution in [1.29, 1.82) is 0 Å². The average molecular weight is 712 g/mol.